The highest BCUT2D eigenvalue weighted by Gasteiger charge is 2.36. The van der Waals surface area contributed by atoms with E-state index in [0.717, 1.165) is 76.8 Å². The van der Waals surface area contributed by atoms with Crippen LogP contribution in [-0.4, -0.2) is 49.6 Å². The predicted molar refractivity (Wildman–Crippen MR) is 146 cm³/mol. The van der Waals surface area contributed by atoms with Gasteiger partial charge >= 0.3 is 6.61 Å². The molecule has 5 heterocycles. The van der Waals surface area contributed by atoms with Gasteiger partial charge in [-0.3, -0.25) is 0 Å². The van der Waals surface area contributed by atoms with Gasteiger partial charge in [-0.1, -0.05) is 19.1 Å². The van der Waals surface area contributed by atoms with Crippen LogP contribution in [0.2, 0.25) is 0 Å². The zero-order chi connectivity index (χ0) is 27.9. The van der Waals surface area contributed by atoms with E-state index in [1.54, 1.807) is 30.7 Å². The molecule has 5 aromatic rings. The Bertz CT molecular complexity index is 1710. The number of nitriles is 1. The van der Waals surface area contributed by atoms with E-state index in [-0.39, 0.29) is 11.2 Å². The normalized spacial score (nSPS) is 14.9. The van der Waals surface area contributed by atoms with Crippen LogP contribution in [0.15, 0.2) is 55.0 Å². The van der Waals surface area contributed by atoms with Crippen LogP contribution in [0.25, 0.3) is 33.5 Å². The lowest BCUT2D eigenvalue weighted by molar-refractivity contribution is -0.0498. The summed E-state index contributed by atoms with van der Waals surface area (Å²) in [7, 11) is 0. The minimum absolute atomic E-state index is 0.113. The summed E-state index contributed by atoms with van der Waals surface area (Å²) in [4.78, 5) is 27.1. The maximum absolute atomic E-state index is 12.7. The summed E-state index contributed by atoms with van der Waals surface area (Å²) in [6.45, 7) is 2.78. The van der Waals surface area contributed by atoms with Crippen LogP contribution in [0.3, 0.4) is 0 Å². The van der Waals surface area contributed by atoms with Gasteiger partial charge in [-0.2, -0.15) is 14.0 Å². The fraction of sp³-hybridized carbons (Fsp3) is 0.276. The molecular formula is C29H26F2N8O. The molecule has 0 atom stereocenters. The third-order valence-electron chi connectivity index (χ3n) is 7.56. The third kappa shape index (κ3) is 4.73. The number of anilines is 1. The number of piperidine rings is 1. The number of halogens is 2. The second-order valence-corrected chi connectivity index (χ2v) is 10.2. The second-order valence-electron chi connectivity index (χ2n) is 10.2. The van der Waals surface area contributed by atoms with Crippen molar-refractivity contribution >= 4 is 16.9 Å². The molecule has 1 aromatic carbocycles. The first kappa shape index (κ1) is 25.4. The Labute approximate surface area is 228 Å². The fourth-order valence-electron chi connectivity index (χ4n) is 5.26. The van der Waals surface area contributed by atoms with Gasteiger partial charge in [-0.05, 0) is 50.1 Å². The van der Waals surface area contributed by atoms with Crippen molar-refractivity contribution in [3.05, 3.63) is 72.2 Å². The van der Waals surface area contributed by atoms with Crippen LogP contribution >= 0.6 is 0 Å². The quantitative estimate of drug-likeness (QED) is 0.281. The molecule has 9 nitrogen and oxygen atoms in total. The van der Waals surface area contributed by atoms with E-state index < -0.39 is 6.61 Å². The van der Waals surface area contributed by atoms with Gasteiger partial charge in [0.1, 0.15) is 41.1 Å². The van der Waals surface area contributed by atoms with Crippen LogP contribution < -0.4 is 9.64 Å². The minimum atomic E-state index is -2.88. The maximum atomic E-state index is 12.7. The van der Waals surface area contributed by atoms with Crippen molar-refractivity contribution in [1.82, 2.24) is 29.9 Å². The SMILES string of the molecule is Cc1nc(C2(C)CCN(c3ncnc4[nH]c(-c5ccc(C#N)nc5)cc34)CC2)[nH]c1-c1cccc(OC(F)F)c1. The number of hydrogen-bond acceptors (Lipinski definition) is 7. The molecule has 4 aromatic heterocycles. The lowest BCUT2D eigenvalue weighted by Gasteiger charge is -2.38. The molecule has 202 valence electrons. The molecule has 40 heavy (non-hydrogen) atoms. The number of aromatic nitrogens is 6. The number of alkyl halides is 2. The fourth-order valence-corrected chi connectivity index (χ4v) is 5.26. The first-order valence-electron chi connectivity index (χ1n) is 12.9. The number of aryl methyl sites for hydroxylation is 1. The highest BCUT2D eigenvalue weighted by atomic mass is 19.3. The van der Waals surface area contributed by atoms with E-state index in [1.165, 1.54) is 6.07 Å². The first-order valence-corrected chi connectivity index (χ1v) is 12.9. The molecule has 1 aliphatic rings. The van der Waals surface area contributed by atoms with E-state index in [0.29, 0.717) is 5.69 Å². The van der Waals surface area contributed by atoms with Crippen molar-refractivity contribution in [1.29, 1.82) is 5.26 Å². The summed E-state index contributed by atoms with van der Waals surface area (Å²) in [6.07, 6.45) is 4.92. The Balaban J connectivity index is 1.22. The molecule has 1 saturated heterocycles. The van der Waals surface area contributed by atoms with Crippen molar-refractivity contribution < 1.29 is 13.5 Å². The maximum Gasteiger partial charge on any atom is 0.387 e. The highest BCUT2D eigenvalue weighted by Crippen LogP contribution is 2.38. The van der Waals surface area contributed by atoms with E-state index in [1.807, 2.05) is 31.2 Å². The van der Waals surface area contributed by atoms with Gasteiger partial charge in [0.25, 0.3) is 0 Å². The van der Waals surface area contributed by atoms with Gasteiger partial charge in [-0.25, -0.2) is 19.9 Å². The molecule has 1 aliphatic heterocycles. The van der Waals surface area contributed by atoms with Crippen LogP contribution in [-0.2, 0) is 5.41 Å². The zero-order valence-electron chi connectivity index (χ0n) is 21.9. The van der Waals surface area contributed by atoms with Gasteiger partial charge in [0.2, 0.25) is 0 Å². The first-order chi connectivity index (χ1) is 19.3. The Hall–Kier alpha value is -4.85. The van der Waals surface area contributed by atoms with E-state index in [2.05, 4.69) is 41.5 Å². The molecule has 1 fully saturated rings. The number of aromatic amines is 2. The number of ether oxygens (including phenoxy) is 1. The molecule has 2 N–H and O–H groups in total. The van der Waals surface area contributed by atoms with Crippen LogP contribution in [0, 0.1) is 18.3 Å². The third-order valence-corrected chi connectivity index (χ3v) is 7.56. The summed E-state index contributed by atoms with van der Waals surface area (Å²) in [5.41, 5.74) is 4.99. The lowest BCUT2D eigenvalue weighted by Crippen LogP contribution is -2.42. The average molecular weight is 541 g/mol. The molecule has 11 heteroatoms. The highest BCUT2D eigenvalue weighted by molar-refractivity contribution is 5.91. The Kier molecular flexibility index (Phi) is 6.38. The molecule has 0 unspecified atom stereocenters. The largest absolute Gasteiger partial charge is 0.435 e. The molecular weight excluding hydrogens is 514 g/mol. The van der Waals surface area contributed by atoms with Gasteiger partial charge < -0.3 is 19.6 Å². The molecule has 0 bridgehead atoms. The lowest BCUT2D eigenvalue weighted by atomic mass is 9.79. The summed E-state index contributed by atoms with van der Waals surface area (Å²) in [5, 5.41) is 9.95. The number of nitrogens with zero attached hydrogens (tertiary/aromatic N) is 6. The molecule has 0 radical (unpaired) electrons. The minimum Gasteiger partial charge on any atom is -0.435 e. The molecule has 0 spiro atoms. The number of fused-ring (bicyclic) bond motifs is 1. The number of nitrogens with one attached hydrogen (secondary N) is 2. The van der Waals surface area contributed by atoms with Crippen molar-refractivity contribution in [3.63, 3.8) is 0 Å². The smallest absolute Gasteiger partial charge is 0.387 e. The number of H-pyrrole nitrogens is 2. The van der Waals surface area contributed by atoms with Crippen molar-refractivity contribution in [3.8, 4) is 34.3 Å². The van der Waals surface area contributed by atoms with E-state index in [4.69, 9.17) is 10.2 Å². The number of imidazole rings is 1. The van der Waals surface area contributed by atoms with Gasteiger partial charge in [0.15, 0.2) is 0 Å². The van der Waals surface area contributed by atoms with E-state index >= 15 is 0 Å². The van der Waals surface area contributed by atoms with Crippen LogP contribution in [0.4, 0.5) is 14.6 Å². The van der Waals surface area contributed by atoms with Gasteiger partial charge in [-0.15, -0.1) is 0 Å². The molecule has 6 rings (SSSR count). The number of rotatable bonds is 6. The van der Waals surface area contributed by atoms with Crippen LogP contribution in [0.1, 0.15) is 37.0 Å². The zero-order valence-corrected chi connectivity index (χ0v) is 21.9. The van der Waals surface area contributed by atoms with Crippen molar-refractivity contribution in [2.24, 2.45) is 0 Å². The molecule has 0 aliphatic carbocycles. The van der Waals surface area contributed by atoms with Gasteiger partial charge in [0.05, 0.1) is 16.8 Å². The number of hydrogen-bond donors (Lipinski definition) is 2. The van der Waals surface area contributed by atoms with Crippen molar-refractivity contribution in [2.45, 2.75) is 38.7 Å². The summed E-state index contributed by atoms with van der Waals surface area (Å²) >= 11 is 0. The van der Waals surface area contributed by atoms with Crippen LogP contribution in [0.5, 0.6) is 5.75 Å². The Morgan fingerprint density at radius 3 is 2.60 bits per heavy atom. The Morgan fingerprint density at radius 1 is 1.05 bits per heavy atom. The standard InChI is InChI=1S/C29H26F2N8O/c1-17-24(18-4-3-5-21(12-18)40-28(30)31)38-27(36-17)29(2)8-10-39(11-9-29)26-22-13-23(37-25(22)34-16-35-26)19-6-7-20(14-32)33-15-19/h3-7,12-13,15-16,28H,8-11H2,1-2H3,(H,36,38)(H,34,35,37). The number of pyridine rings is 1. The molecule has 0 saturated carbocycles. The topological polar surface area (TPSA) is 119 Å². The Morgan fingerprint density at radius 2 is 1.88 bits per heavy atom. The van der Waals surface area contributed by atoms with Gasteiger partial charge in [0, 0.05) is 41.5 Å². The summed E-state index contributed by atoms with van der Waals surface area (Å²) in [6, 6.07) is 14.3. The average Bonchev–Trinajstić information content (AvgIpc) is 3.58. The second kappa shape index (κ2) is 10.0. The monoisotopic (exact) mass is 540 g/mol. The predicted octanol–water partition coefficient (Wildman–Crippen LogP) is 5.75. The summed E-state index contributed by atoms with van der Waals surface area (Å²) in [5.74, 6) is 1.86. The van der Waals surface area contributed by atoms with E-state index in [9.17, 15) is 8.78 Å². The number of benzene rings is 1. The summed E-state index contributed by atoms with van der Waals surface area (Å²) < 4.78 is 30.0. The van der Waals surface area contributed by atoms with Crippen molar-refractivity contribution in [2.75, 3.05) is 18.0 Å². The molecule has 0 amide bonds.